The number of rotatable bonds is 8. The molecule has 0 aliphatic carbocycles. The first-order valence-electron chi connectivity index (χ1n) is 9.00. The van der Waals surface area contributed by atoms with Gasteiger partial charge in [-0.2, -0.15) is 13.2 Å². The van der Waals surface area contributed by atoms with Gasteiger partial charge in [-0.15, -0.1) is 0 Å². The van der Waals surface area contributed by atoms with E-state index >= 15 is 0 Å². The number of likely N-dealkylation sites (N-methyl/N-ethyl adjacent to an activating group) is 1. The lowest BCUT2D eigenvalue weighted by Crippen LogP contribution is -2.36. The fourth-order valence-electron chi connectivity index (χ4n) is 3.05. The quantitative estimate of drug-likeness (QED) is 0.485. The lowest BCUT2D eigenvalue weighted by molar-refractivity contribution is -0.137. The second kappa shape index (κ2) is 8.88. The summed E-state index contributed by atoms with van der Waals surface area (Å²) in [6.45, 7) is 11.6. The molecule has 1 nitrogen and oxygen atoms in total. The topological polar surface area (TPSA) is 3.24 Å². The molecule has 1 rings (SSSR count). The van der Waals surface area contributed by atoms with Crippen LogP contribution in [0.4, 0.5) is 13.2 Å². The third-order valence-electron chi connectivity index (χ3n) is 4.67. The highest BCUT2D eigenvalue weighted by atomic mass is 19.4. The fourth-order valence-corrected chi connectivity index (χ4v) is 3.05. The average molecular weight is 355 g/mol. The minimum absolute atomic E-state index is 0.207. The van der Waals surface area contributed by atoms with Crippen molar-refractivity contribution in [2.24, 2.45) is 0 Å². The van der Waals surface area contributed by atoms with Crippen molar-refractivity contribution in [2.75, 3.05) is 13.6 Å². The van der Waals surface area contributed by atoms with E-state index in [2.05, 4.69) is 52.6 Å². The average Bonchev–Trinajstić information content (AvgIpc) is 2.50. The molecule has 0 N–H and O–H groups in total. The van der Waals surface area contributed by atoms with Gasteiger partial charge in [-0.05, 0) is 63.4 Å². The molecule has 0 saturated heterocycles. The molecule has 0 spiro atoms. The Morgan fingerprint density at radius 2 is 1.60 bits per heavy atom. The Hall–Kier alpha value is -1.29. The van der Waals surface area contributed by atoms with E-state index in [4.69, 9.17) is 0 Å². The Morgan fingerprint density at radius 1 is 1.08 bits per heavy atom. The number of alkyl halides is 3. The normalized spacial score (nSPS) is 13.8. The van der Waals surface area contributed by atoms with Crippen LogP contribution < -0.4 is 0 Å². The number of nitrogens with zero attached hydrogens (tertiary/aromatic N) is 1. The Morgan fingerprint density at radius 3 is 2.04 bits per heavy atom. The first-order valence-corrected chi connectivity index (χ1v) is 9.00. The standard InChI is InChI=1S/C21H32F3N/c1-7-8-13-25(6)19(14-16(2)3)15-20(4,5)17-9-11-18(12-10-17)21(22,23)24/h9-12,14,19H,7-8,13,15H2,1-6H3. The summed E-state index contributed by atoms with van der Waals surface area (Å²) in [6.07, 6.45) is 1.14. The molecule has 4 heteroatoms. The summed E-state index contributed by atoms with van der Waals surface area (Å²) in [6, 6.07) is 5.89. The first kappa shape index (κ1) is 21.8. The summed E-state index contributed by atoms with van der Waals surface area (Å²) in [4.78, 5) is 2.35. The maximum absolute atomic E-state index is 12.8. The van der Waals surface area contributed by atoms with E-state index in [1.165, 1.54) is 17.7 Å². The highest BCUT2D eigenvalue weighted by Crippen LogP contribution is 2.34. The molecule has 0 fully saturated rings. The van der Waals surface area contributed by atoms with Gasteiger partial charge in [0.2, 0.25) is 0 Å². The maximum Gasteiger partial charge on any atom is 0.416 e. The fraction of sp³-hybridized carbons (Fsp3) is 0.619. The van der Waals surface area contributed by atoms with Gasteiger partial charge in [0.25, 0.3) is 0 Å². The van der Waals surface area contributed by atoms with Crippen molar-refractivity contribution < 1.29 is 13.2 Å². The van der Waals surface area contributed by atoms with Crippen LogP contribution in [0.1, 0.15) is 65.0 Å². The smallest absolute Gasteiger partial charge is 0.300 e. The van der Waals surface area contributed by atoms with E-state index in [1.807, 2.05) is 0 Å². The maximum atomic E-state index is 12.8. The van der Waals surface area contributed by atoms with Gasteiger partial charge in [0, 0.05) is 6.04 Å². The Kier molecular flexibility index (Phi) is 7.73. The SMILES string of the molecule is CCCCN(C)C(C=C(C)C)CC(C)(C)c1ccc(C(F)(F)F)cc1. The number of unbranched alkanes of at least 4 members (excludes halogenated alkanes) is 1. The summed E-state index contributed by atoms with van der Waals surface area (Å²) in [7, 11) is 2.13. The van der Waals surface area contributed by atoms with Crippen molar-refractivity contribution in [2.45, 2.75) is 71.5 Å². The molecule has 1 aromatic rings. The van der Waals surface area contributed by atoms with E-state index in [0.717, 1.165) is 31.4 Å². The second-order valence-electron chi connectivity index (χ2n) is 7.81. The Labute approximate surface area is 150 Å². The van der Waals surface area contributed by atoms with Gasteiger partial charge in [-0.3, -0.25) is 4.90 Å². The monoisotopic (exact) mass is 355 g/mol. The lowest BCUT2D eigenvalue weighted by Gasteiger charge is -2.34. The van der Waals surface area contributed by atoms with Gasteiger partial charge in [-0.25, -0.2) is 0 Å². The lowest BCUT2D eigenvalue weighted by atomic mass is 9.78. The van der Waals surface area contributed by atoms with Crippen LogP contribution in [0, 0.1) is 0 Å². The van der Waals surface area contributed by atoms with Gasteiger partial charge >= 0.3 is 6.18 Å². The predicted octanol–water partition coefficient (Wildman–Crippen LogP) is 6.44. The molecule has 142 valence electrons. The number of benzene rings is 1. The van der Waals surface area contributed by atoms with Crippen molar-refractivity contribution in [1.82, 2.24) is 4.90 Å². The third kappa shape index (κ3) is 6.85. The van der Waals surface area contributed by atoms with Crippen molar-refractivity contribution in [3.8, 4) is 0 Å². The second-order valence-corrected chi connectivity index (χ2v) is 7.81. The Balaban J connectivity index is 2.99. The van der Waals surface area contributed by atoms with Crippen molar-refractivity contribution in [3.63, 3.8) is 0 Å². The number of allylic oxidation sites excluding steroid dienone is 1. The van der Waals surface area contributed by atoms with Crippen molar-refractivity contribution >= 4 is 0 Å². The highest BCUT2D eigenvalue weighted by molar-refractivity contribution is 5.30. The van der Waals surface area contributed by atoms with Crippen LogP contribution >= 0.6 is 0 Å². The largest absolute Gasteiger partial charge is 0.416 e. The van der Waals surface area contributed by atoms with Crippen LogP contribution in [0.25, 0.3) is 0 Å². The number of halogens is 3. The van der Waals surface area contributed by atoms with E-state index in [1.54, 1.807) is 12.1 Å². The summed E-state index contributed by atoms with van der Waals surface area (Å²) >= 11 is 0. The molecule has 0 saturated carbocycles. The molecule has 0 radical (unpaired) electrons. The Bertz CT molecular complexity index is 551. The van der Waals surface area contributed by atoms with Crippen molar-refractivity contribution in [3.05, 3.63) is 47.0 Å². The predicted molar refractivity (Wildman–Crippen MR) is 99.8 cm³/mol. The minimum Gasteiger partial charge on any atom is -0.300 e. The van der Waals surface area contributed by atoms with Crippen molar-refractivity contribution in [1.29, 1.82) is 0 Å². The van der Waals surface area contributed by atoms with Crippen LogP contribution in [0.3, 0.4) is 0 Å². The van der Waals surface area contributed by atoms with E-state index in [0.29, 0.717) is 0 Å². The number of hydrogen-bond acceptors (Lipinski definition) is 1. The van der Waals surface area contributed by atoms with E-state index in [9.17, 15) is 13.2 Å². The number of hydrogen-bond donors (Lipinski definition) is 0. The zero-order valence-corrected chi connectivity index (χ0v) is 16.4. The van der Waals surface area contributed by atoms with Crippen LogP contribution in [-0.4, -0.2) is 24.5 Å². The van der Waals surface area contributed by atoms with Gasteiger partial charge in [-0.1, -0.05) is 51.0 Å². The highest BCUT2D eigenvalue weighted by Gasteiger charge is 2.31. The first-order chi connectivity index (χ1) is 11.5. The van der Waals surface area contributed by atoms with Crippen LogP contribution in [0.2, 0.25) is 0 Å². The van der Waals surface area contributed by atoms with E-state index < -0.39 is 11.7 Å². The third-order valence-corrected chi connectivity index (χ3v) is 4.67. The van der Waals surface area contributed by atoms with Crippen LogP contribution in [0.15, 0.2) is 35.9 Å². The van der Waals surface area contributed by atoms with Gasteiger partial charge in [0.05, 0.1) is 5.56 Å². The molecule has 0 aromatic heterocycles. The summed E-state index contributed by atoms with van der Waals surface area (Å²) < 4.78 is 38.3. The minimum atomic E-state index is -4.28. The van der Waals surface area contributed by atoms with Gasteiger partial charge < -0.3 is 0 Å². The summed E-state index contributed by atoms with van der Waals surface area (Å²) in [5, 5.41) is 0. The van der Waals surface area contributed by atoms with Gasteiger partial charge in [0.15, 0.2) is 0 Å². The molecule has 1 aromatic carbocycles. The zero-order valence-electron chi connectivity index (χ0n) is 16.4. The van der Waals surface area contributed by atoms with E-state index in [-0.39, 0.29) is 11.5 Å². The summed E-state index contributed by atoms with van der Waals surface area (Å²) in [5.74, 6) is 0. The molecule has 0 bridgehead atoms. The molecule has 0 aliphatic rings. The zero-order chi connectivity index (χ0) is 19.3. The molecular weight excluding hydrogens is 323 g/mol. The molecule has 0 amide bonds. The molecule has 1 atom stereocenters. The molecule has 1 unspecified atom stereocenters. The molecule has 0 heterocycles. The molecular formula is C21H32F3N. The van der Waals surface area contributed by atoms with Crippen LogP contribution in [-0.2, 0) is 11.6 Å². The molecule has 0 aliphatic heterocycles. The summed E-state index contributed by atoms with van der Waals surface area (Å²) in [5.41, 5.74) is 1.40. The van der Waals surface area contributed by atoms with Crippen LogP contribution in [0.5, 0.6) is 0 Å². The molecule has 25 heavy (non-hydrogen) atoms. The van der Waals surface area contributed by atoms with Gasteiger partial charge in [0.1, 0.15) is 0 Å².